The van der Waals surface area contributed by atoms with Gasteiger partial charge in [-0.05, 0) is 43.4 Å². The number of aliphatic imine (C=N–C) groups is 1. The predicted molar refractivity (Wildman–Crippen MR) is 87.8 cm³/mol. The molecule has 0 radical (unpaired) electrons. The van der Waals surface area contributed by atoms with Crippen molar-refractivity contribution in [3.05, 3.63) is 29.8 Å². The van der Waals surface area contributed by atoms with E-state index < -0.39 is 0 Å². The van der Waals surface area contributed by atoms with Gasteiger partial charge in [-0.3, -0.25) is 4.99 Å². The van der Waals surface area contributed by atoms with Crippen molar-refractivity contribution in [2.45, 2.75) is 33.2 Å². The normalized spacial score (nSPS) is 19.5. The number of piperidine rings is 1. The first-order valence-corrected chi connectivity index (χ1v) is 7.90. The third-order valence-electron chi connectivity index (χ3n) is 3.83. The van der Waals surface area contributed by atoms with E-state index in [9.17, 15) is 0 Å². The number of rotatable bonds is 4. The van der Waals surface area contributed by atoms with Gasteiger partial charge < -0.3 is 15.0 Å². The van der Waals surface area contributed by atoms with E-state index in [4.69, 9.17) is 4.74 Å². The highest BCUT2D eigenvalue weighted by Gasteiger charge is 2.18. The molecular weight excluding hydrogens is 262 g/mol. The van der Waals surface area contributed by atoms with Crippen LogP contribution in [0.2, 0.25) is 0 Å². The van der Waals surface area contributed by atoms with Gasteiger partial charge in [-0.2, -0.15) is 0 Å². The van der Waals surface area contributed by atoms with Crippen LogP contribution in [0.1, 0.15) is 32.3 Å². The second-order valence-corrected chi connectivity index (χ2v) is 5.67. The Labute approximate surface area is 128 Å². The number of likely N-dealkylation sites (tertiary alicyclic amines) is 1. The number of ether oxygens (including phenoxy) is 1. The summed E-state index contributed by atoms with van der Waals surface area (Å²) in [5.41, 5.74) is 1.21. The highest BCUT2D eigenvalue weighted by atomic mass is 16.5. The molecule has 1 saturated heterocycles. The Bertz CT molecular complexity index is 473. The van der Waals surface area contributed by atoms with Crippen LogP contribution in [0, 0.1) is 5.92 Å². The Balaban J connectivity index is 1.92. The monoisotopic (exact) mass is 289 g/mol. The zero-order valence-electron chi connectivity index (χ0n) is 13.4. The average molecular weight is 289 g/mol. The molecular formula is C17H27N3O. The fourth-order valence-corrected chi connectivity index (χ4v) is 2.81. The molecule has 1 aliphatic rings. The van der Waals surface area contributed by atoms with Crippen LogP contribution < -0.4 is 10.1 Å². The number of benzene rings is 1. The van der Waals surface area contributed by atoms with E-state index in [2.05, 4.69) is 34.3 Å². The van der Waals surface area contributed by atoms with Gasteiger partial charge in [-0.15, -0.1) is 0 Å². The quantitative estimate of drug-likeness (QED) is 0.684. The van der Waals surface area contributed by atoms with Gasteiger partial charge in [0.25, 0.3) is 0 Å². The van der Waals surface area contributed by atoms with Crippen LogP contribution in [-0.4, -0.2) is 37.6 Å². The highest BCUT2D eigenvalue weighted by molar-refractivity contribution is 5.80. The molecule has 4 heteroatoms. The van der Waals surface area contributed by atoms with E-state index >= 15 is 0 Å². The third-order valence-corrected chi connectivity index (χ3v) is 3.83. The molecule has 1 unspecified atom stereocenters. The number of hydrogen-bond acceptors (Lipinski definition) is 2. The van der Waals surface area contributed by atoms with Crippen LogP contribution in [0.25, 0.3) is 0 Å². The molecule has 1 aromatic carbocycles. The van der Waals surface area contributed by atoms with Gasteiger partial charge in [-0.1, -0.05) is 19.1 Å². The van der Waals surface area contributed by atoms with Crippen LogP contribution in [0.15, 0.2) is 29.3 Å². The molecule has 0 aromatic heterocycles. The van der Waals surface area contributed by atoms with Crippen LogP contribution in [0.5, 0.6) is 5.75 Å². The van der Waals surface area contributed by atoms with Crippen molar-refractivity contribution < 1.29 is 4.74 Å². The van der Waals surface area contributed by atoms with Gasteiger partial charge >= 0.3 is 0 Å². The van der Waals surface area contributed by atoms with Gasteiger partial charge in [-0.25, -0.2) is 0 Å². The number of hydrogen-bond donors (Lipinski definition) is 1. The number of guanidine groups is 1. The summed E-state index contributed by atoms with van der Waals surface area (Å²) in [6, 6.07) is 8.23. The molecule has 0 bridgehead atoms. The van der Waals surface area contributed by atoms with Crippen molar-refractivity contribution in [1.82, 2.24) is 10.2 Å². The first-order chi connectivity index (χ1) is 10.2. The Kier molecular flexibility index (Phi) is 5.90. The van der Waals surface area contributed by atoms with E-state index in [1.807, 2.05) is 26.1 Å². The minimum Gasteiger partial charge on any atom is -0.494 e. The molecule has 1 N–H and O–H groups in total. The Morgan fingerprint density at radius 2 is 2.33 bits per heavy atom. The maximum absolute atomic E-state index is 5.54. The highest BCUT2D eigenvalue weighted by Crippen LogP contribution is 2.16. The summed E-state index contributed by atoms with van der Waals surface area (Å²) >= 11 is 0. The number of nitrogens with zero attached hydrogens (tertiary/aromatic N) is 2. The molecule has 1 atom stereocenters. The summed E-state index contributed by atoms with van der Waals surface area (Å²) in [5, 5.41) is 3.47. The summed E-state index contributed by atoms with van der Waals surface area (Å²) in [4.78, 5) is 6.78. The van der Waals surface area contributed by atoms with Crippen LogP contribution in [0.3, 0.4) is 0 Å². The summed E-state index contributed by atoms with van der Waals surface area (Å²) < 4.78 is 5.54. The Morgan fingerprint density at radius 1 is 1.48 bits per heavy atom. The van der Waals surface area contributed by atoms with E-state index in [0.29, 0.717) is 6.61 Å². The average Bonchev–Trinajstić information content (AvgIpc) is 2.49. The van der Waals surface area contributed by atoms with Crippen LogP contribution in [0.4, 0.5) is 0 Å². The second-order valence-electron chi connectivity index (χ2n) is 5.67. The van der Waals surface area contributed by atoms with Gasteiger partial charge in [0.2, 0.25) is 0 Å². The molecule has 4 nitrogen and oxygen atoms in total. The van der Waals surface area contributed by atoms with Crippen molar-refractivity contribution in [1.29, 1.82) is 0 Å². The molecule has 2 rings (SSSR count). The van der Waals surface area contributed by atoms with E-state index in [-0.39, 0.29) is 0 Å². The van der Waals surface area contributed by atoms with E-state index in [0.717, 1.165) is 37.3 Å². The number of nitrogens with one attached hydrogen (secondary N) is 1. The van der Waals surface area contributed by atoms with Crippen molar-refractivity contribution in [2.75, 3.05) is 26.7 Å². The third kappa shape index (κ3) is 4.66. The summed E-state index contributed by atoms with van der Waals surface area (Å²) in [6.07, 6.45) is 2.57. The largest absolute Gasteiger partial charge is 0.494 e. The van der Waals surface area contributed by atoms with Crippen LogP contribution >= 0.6 is 0 Å². The molecule has 116 valence electrons. The zero-order valence-corrected chi connectivity index (χ0v) is 13.4. The van der Waals surface area contributed by atoms with Gasteiger partial charge in [0.15, 0.2) is 5.96 Å². The first kappa shape index (κ1) is 15.7. The van der Waals surface area contributed by atoms with Crippen LogP contribution in [-0.2, 0) is 6.54 Å². The molecule has 0 saturated carbocycles. The molecule has 0 amide bonds. The standard InChI is InChI=1S/C17H27N3O/c1-4-21-16-9-5-8-15(11-16)12-19-17(18-3)20-10-6-7-14(2)13-20/h5,8-9,11,14H,4,6-7,10,12-13H2,1-3H3,(H,18,19). The minimum absolute atomic E-state index is 0.699. The van der Waals surface area contributed by atoms with Crippen molar-refractivity contribution in [3.63, 3.8) is 0 Å². The van der Waals surface area contributed by atoms with Gasteiger partial charge in [0.1, 0.15) is 5.75 Å². The fourth-order valence-electron chi connectivity index (χ4n) is 2.81. The predicted octanol–water partition coefficient (Wildman–Crippen LogP) is 2.89. The van der Waals surface area contributed by atoms with Crippen molar-refractivity contribution >= 4 is 5.96 Å². The smallest absolute Gasteiger partial charge is 0.193 e. The fraction of sp³-hybridized carbons (Fsp3) is 0.588. The summed E-state index contributed by atoms with van der Waals surface area (Å²) in [5.74, 6) is 2.68. The Morgan fingerprint density at radius 3 is 3.05 bits per heavy atom. The Hall–Kier alpha value is -1.71. The van der Waals surface area contributed by atoms with Gasteiger partial charge in [0, 0.05) is 26.7 Å². The van der Waals surface area contributed by atoms with E-state index in [1.165, 1.54) is 18.4 Å². The van der Waals surface area contributed by atoms with Crippen molar-refractivity contribution in [3.8, 4) is 5.75 Å². The molecule has 0 spiro atoms. The van der Waals surface area contributed by atoms with Gasteiger partial charge in [0.05, 0.1) is 6.61 Å². The minimum atomic E-state index is 0.699. The maximum Gasteiger partial charge on any atom is 0.193 e. The summed E-state index contributed by atoms with van der Waals surface area (Å²) in [6.45, 7) is 7.99. The lowest BCUT2D eigenvalue weighted by atomic mass is 10.0. The molecule has 21 heavy (non-hydrogen) atoms. The molecule has 1 aliphatic heterocycles. The lowest BCUT2D eigenvalue weighted by Gasteiger charge is -2.33. The summed E-state index contributed by atoms with van der Waals surface area (Å²) in [7, 11) is 1.86. The lowest BCUT2D eigenvalue weighted by Crippen LogP contribution is -2.45. The SMILES string of the molecule is CCOc1cccc(CNC(=NC)N2CCCC(C)C2)c1. The molecule has 1 heterocycles. The molecule has 0 aliphatic carbocycles. The first-order valence-electron chi connectivity index (χ1n) is 7.90. The molecule has 1 fully saturated rings. The molecule has 1 aromatic rings. The van der Waals surface area contributed by atoms with Crippen molar-refractivity contribution in [2.24, 2.45) is 10.9 Å². The zero-order chi connectivity index (χ0) is 15.1. The van der Waals surface area contributed by atoms with E-state index in [1.54, 1.807) is 0 Å². The lowest BCUT2D eigenvalue weighted by molar-refractivity contribution is 0.266. The second kappa shape index (κ2) is 7.91. The topological polar surface area (TPSA) is 36.9 Å². The maximum atomic E-state index is 5.54.